The van der Waals surface area contributed by atoms with Gasteiger partial charge in [0.05, 0.1) is 0 Å². The number of benzene rings is 1. The van der Waals surface area contributed by atoms with E-state index in [0.717, 1.165) is 0 Å². The standard InChI is InChI=1S/C12H17.Li.H/c1-9(2)11-6-5-7-12(8-11)10(3)4;;/h6-10H,1-4H3;;. The average molecular weight is 169 g/mol. The molecule has 1 heteroatoms. The van der Waals surface area contributed by atoms with Gasteiger partial charge in [-0.05, 0) is 29.0 Å². The van der Waals surface area contributed by atoms with Crippen molar-refractivity contribution in [2.75, 3.05) is 0 Å². The van der Waals surface area contributed by atoms with Crippen molar-refractivity contribution in [3.63, 3.8) is 0 Å². The van der Waals surface area contributed by atoms with Gasteiger partial charge in [-0.1, -0.05) is 45.9 Å². The second kappa shape index (κ2) is 5.53. The van der Waals surface area contributed by atoms with Gasteiger partial charge in [0.15, 0.2) is 0 Å². The van der Waals surface area contributed by atoms with Gasteiger partial charge in [-0.3, -0.25) is 0 Å². The van der Waals surface area contributed by atoms with Crippen molar-refractivity contribution in [2.45, 2.75) is 39.5 Å². The Bertz CT molecular complexity index is 228. The van der Waals surface area contributed by atoms with Crippen LogP contribution < -0.4 is 0 Å². The Kier molecular flexibility index (Phi) is 5.45. The number of rotatable bonds is 2. The molecular weight excluding hydrogens is 151 g/mol. The Morgan fingerprint density at radius 2 is 1.31 bits per heavy atom. The molecule has 0 nitrogen and oxygen atoms in total. The molecule has 0 aliphatic heterocycles. The summed E-state index contributed by atoms with van der Waals surface area (Å²) in [4.78, 5) is 0. The van der Waals surface area contributed by atoms with Crippen LogP contribution in [-0.2, 0) is 0 Å². The normalized spacial score (nSPS) is 10.3. The van der Waals surface area contributed by atoms with Gasteiger partial charge < -0.3 is 0 Å². The van der Waals surface area contributed by atoms with Crippen LogP contribution in [0.15, 0.2) is 18.2 Å². The Morgan fingerprint density at radius 3 is 1.62 bits per heavy atom. The Labute approximate surface area is 93.9 Å². The Balaban J connectivity index is 0.00000144. The minimum absolute atomic E-state index is 0. The van der Waals surface area contributed by atoms with E-state index in [1.165, 1.54) is 11.1 Å². The van der Waals surface area contributed by atoms with Crippen molar-refractivity contribution < 1.29 is 0 Å². The average Bonchev–Trinajstić information content (AvgIpc) is 2.04. The van der Waals surface area contributed by atoms with Crippen LogP contribution in [0.1, 0.15) is 50.7 Å². The minimum atomic E-state index is 0. The summed E-state index contributed by atoms with van der Waals surface area (Å²) in [6.45, 7) is 8.86. The zero-order chi connectivity index (χ0) is 9.14. The van der Waals surface area contributed by atoms with Gasteiger partial charge in [-0.15, -0.1) is 0 Å². The first kappa shape index (κ1) is 12.8. The summed E-state index contributed by atoms with van der Waals surface area (Å²) in [6, 6.07) is 9.64. The van der Waals surface area contributed by atoms with E-state index in [9.17, 15) is 0 Å². The summed E-state index contributed by atoms with van der Waals surface area (Å²) in [5, 5.41) is 0. The van der Waals surface area contributed by atoms with Gasteiger partial charge in [-0.25, -0.2) is 0 Å². The molecule has 0 aliphatic rings. The van der Waals surface area contributed by atoms with Gasteiger partial charge in [0, 0.05) is 0 Å². The van der Waals surface area contributed by atoms with E-state index >= 15 is 0 Å². The van der Waals surface area contributed by atoms with Crippen molar-refractivity contribution in [3.05, 3.63) is 35.4 Å². The molecule has 0 bridgehead atoms. The van der Waals surface area contributed by atoms with Crippen LogP contribution in [0.2, 0.25) is 0 Å². The van der Waals surface area contributed by atoms with Gasteiger partial charge in [0.2, 0.25) is 0 Å². The summed E-state index contributed by atoms with van der Waals surface area (Å²) < 4.78 is 0. The molecule has 0 atom stereocenters. The van der Waals surface area contributed by atoms with E-state index in [1.54, 1.807) is 0 Å². The fourth-order valence-corrected chi connectivity index (χ4v) is 1.18. The third kappa shape index (κ3) is 3.59. The Hall–Kier alpha value is -0.183. The zero-order valence-electron chi connectivity index (χ0n) is 8.39. The molecule has 0 saturated heterocycles. The van der Waals surface area contributed by atoms with E-state index in [-0.39, 0.29) is 18.9 Å². The number of hydrogen-bond acceptors (Lipinski definition) is 0. The summed E-state index contributed by atoms with van der Waals surface area (Å²) >= 11 is 0. The molecule has 0 amide bonds. The first-order chi connectivity index (χ1) is 5.61. The van der Waals surface area contributed by atoms with Crippen LogP contribution in [0.3, 0.4) is 0 Å². The molecule has 1 aromatic carbocycles. The van der Waals surface area contributed by atoms with Crippen LogP contribution in [0, 0.1) is 6.07 Å². The fourth-order valence-electron chi connectivity index (χ4n) is 1.18. The zero-order valence-corrected chi connectivity index (χ0v) is 8.39. The second-order valence-corrected chi connectivity index (χ2v) is 3.91. The third-order valence-electron chi connectivity index (χ3n) is 2.17. The molecular formula is C12H18Li. The van der Waals surface area contributed by atoms with Crippen molar-refractivity contribution in [2.24, 2.45) is 0 Å². The van der Waals surface area contributed by atoms with Crippen LogP contribution in [0.5, 0.6) is 0 Å². The molecule has 1 radical (unpaired) electrons. The second-order valence-electron chi connectivity index (χ2n) is 3.91. The molecule has 1 rings (SSSR count). The third-order valence-corrected chi connectivity index (χ3v) is 2.17. The van der Waals surface area contributed by atoms with Gasteiger partial charge in [-0.2, -0.15) is 0 Å². The summed E-state index contributed by atoms with van der Waals surface area (Å²) in [6.07, 6.45) is 0. The SMILES string of the molecule is CC(C)c1c[c]cc(C(C)C)c1.[LiH]. The maximum absolute atomic E-state index is 3.19. The van der Waals surface area contributed by atoms with E-state index in [0.29, 0.717) is 11.8 Å². The Morgan fingerprint density at radius 1 is 0.923 bits per heavy atom. The predicted octanol–water partition coefficient (Wildman–Crippen LogP) is 3.09. The van der Waals surface area contributed by atoms with Gasteiger partial charge in [0.1, 0.15) is 0 Å². The van der Waals surface area contributed by atoms with Crippen molar-refractivity contribution in [3.8, 4) is 0 Å². The first-order valence-corrected chi connectivity index (χ1v) is 4.62. The fraction of sp³-hybridized carbons (Fsp3) is 0.500. The predicted molar refractivity (Wildman–Crippen MR) is 60.6 cm³/mol. The topological polar surface area (TPSA) is 0 Å². The van der Waals surface area contributed by atoms with Crippen molar-refractivity contribution >= 4 is 18.9 Å². The van der Waals surface area contributed by atoms with Crippen LogP contribution in [-0.4, -0.2) is 18.9 Å². The summed E-state index contributed by atoms with van der Waals surface area (Å²) in [7, 11) is 0. The van der Waals surface area contributed by atoms with Crippen LogP contribution in [0.25, 0.3) is 0 Å². The monoisotopic (exact) mass is 169 g/mol. The molecule has 0 fully saturated rings. The van der Waals surface area contributed by atoms with Crippen LogP contribution >= 0.6 is 0 Å². The van der Waals surface area contributed by atoms with Gasteiger partial charge >= 0.3 is 18.9 Å². The van der Waals surface area contributed by atoms with E-state index < -0.39 is 0 Å². The first-order valence-electron chi connectivity index (χ1n) is 4.62. The molecule has 0 saturated carbocycles. The van der Waals surface area contributed by atoms with Gasteiger partial charge in [0.25, 0.3) is 0 Å². The maximum atomic E-state index is 3.19. The quantitative estimate of drug-likeness (QED) is 0.597. The molecule has 13 heavy (non-hydrogen) atoms. The molecule has 0 aliphatic carbocycles. The van der Waals surface area contributed by atoms with E-state index in [4.69, 9.17) is 0 Å². The molecule has 1 aromatic rings. The molecule has 0 heterocycles. The molecule has 0 aromatic heterocycles. The van der Waals surface area contributed by atoms with Crippen LogP contribution in [0.4, 0.5) is 0 Å². The van der Waals surface area contributed by atoms with E-state index in [1.807, 2.05) is 0 Å². The van der Waals surface area contributed by atoms with Crippen molar-refractivity contribution in [1.82, 2.24) is 0 Å². The van der Waals surface area contributed by atoms with E-state index in [2.05, 4.69) is 52.0 Å². The molecule has 0 spiro atoms. The number of hydrogen-bond donors (Lipinski definition) is 0. The molecule has 67 valence electrons. The molecule has 0 N–H and O–H groups in total. The molecule has 0 unspecified atom stereocenters. The summed E-state index contributed by atoms with van der Waals surface area (Å²) in [5.41, 5.74) is 2.78. The summed E-state index contributed by atoms with van der Waals surface area (Å²) in [5.74, 6) is 1.22. The van der Waals surface area contributed by atoms with Crippen molar-refractivity contribution in [1.29, 1.82) is 0 Å².